The minimum atomic E-state index is -0.698. The number of carbonyl (C=O) groups excluding carboxylic acids is 1. The van der Waals surface area contributed by atoms with Crippen molar-refractivity contribution in [3.05, 3.63) is 87.1 Å². The highest BCUT2D eigenvalue weighted by atomic mass is 32.2. The molecular formula is C26H27N5O4S. The summed E-state index contributed by atoms with van der Waals surface area (Å²) >= 11 is 1.49. The van der Waals surface area contributed by atoms with Gasteiger partial charge in [-0.25, -0.2) is 9.48 Å². The van der Waals surface area contributed by atoms with Gasteiger partial charge < -0.3 is 10.1 Å². The second-order valence-corrected chi connectivity index (χ2v) is 9.96. The summed E-state index contributed by atoms with van der Waals surface area (Å²) in [6.07, 6.45) is 4.81. The van der Waals surface area contributed by atoms with Crippen LogP contribution in [-0.4, -0.2) is 31.8 Å². The van der Waals surface area contributed by atoms with Gasteiger partial charge in [-0.3, -0.25) is 10.1 Å². The fourth-order valence-electron chi connectivity index (χ4n) is 4.69. The lowest BCUT2D eigenvalue weighted by atomic mass is 9.94. The van der Waals surface area contributed by atoms with E-state index in [-0.39, 0.29) is 11.8 Å². The number of nitrogens with zero attached hydrogens (tertiary/aromatic N) is 4. The number of nitrogens with one attached hydrogen (secondary N) is 1. The molecule has 36 heavy (non-hydrogen) atoms. The Morgan fingerprint density at radius 1 is 1.17 bits per heavy atom. The molecule has 1 aliphatic carbocycles. The molecule has 186 valence electrons. The Bertz CT molecular complexity index is 1300. The standard InChI is InChI=1S/C26H27N5O4S/c1-17-22(24(32)35-21-13-6-3-7-14-21)23(19-11-8-12-20(15-19)31(33)34)30-25(27-17)28-26(29-30)36-16-18-9-4-2-5-10-18/h2,4-5,8-12,15,21,23H,3,6-7,13-14,16H2,1H3,(H,27,28,29). The molecule has 0 amide bonds. The molecular weight excluding hydrogens is 478 g/mol. The number of non-ortho nitro benzene ring substituents is 1. The molecule has 1 aromatic heterocycles. The number of aromatic nitrogens is 3. The highest BCUT2D eigenvalue weighted by molar-refractivity contribution is 7.98. The van der Waals surface area contributed by atoms with Crippen LogP contribution in [0.15, 0.2) is 71.0 Å². The quantitative estimate of drug-likeness (QED) is 0.190. The second-order valence-electron chi connectivity index (χ2n) is 9.02. The van der Waals surface area contributed by atoms with Crippen LogP contribution in [-0.2, 0) is 15.3 Å². The molecule has 0 bridgehead atoms. The monoisotopic (exact) mass is 505 g/mol. The third-order valence-electron chi connectivity index (χ3n) is 6.49. The van der Waals surface area contributed by atoms with E-state index in [1.54, 1.807) is 23.7 Å². The Morgan fingerprint density at radius 2 is 1.94 bits per heavy atom. The maximum absolute atomic E-state index is 13.5. The minimum absolute atomic E-state index is 0.0518. The van der Waals surface area contributed by atoms with Gasteiger partial charge in [0.25, 0.3) is 5.69 Å². The summed E-state index contributed by atoms with van der Waals surface area (Å²) in [5.41, 5.74) is 2.66. The number of esters is 1. The smallest absolute Gasteiger partial charge is 0.338 e. The van der Waals surface area contributed by atoms with Gasteiger partial charge in [0.2, 0.25) is 11.1 Å². The summed E-state index contributed by atoms with van der Waals surface area (Å²) in [5.74, 6) is 0.742. The van der Waals surface area contributed by atoms with E-state index >= 15 is 0 Å². The molecule has 0 radical (unpaired) electrons. The third kappa shape index (κ3) is 5.13. The van der Waals surface area contributed by atoms with E-state index in [2.05, 4.69) is 10.3 Å². The van der Waals surface area contributed by atoms with Crippen molar-refractivity contribution in [2.45, 2.75) is 62.1 Å². The first-order valence-electron chi connectivity index (χ1n) is 12.1. The van der Waals surface area contributed by atoms with Gasteiger partial charge >= 0.3 is 5.97 Å². The molecule has 1 aliphatic heterocycles. The average molecular weight is 506 g/mol. The van der Waals surface area contributed by atoms with Crippen LogP contribution in [0.3, 0.4) is 0 Å². The SMILES string of the molecule is CC1=C(C(=O)OC2CCCCC2)C(c2cccc([N+](=O)[O-])c2)n2nc(SCc3ccccc3)nc2N1. The van der Waals surface area contributed by atoms with E-state index < -0.39 is 16.9 Å². The average Bonchev–Trinajstić information content (AvgIpc) is 3.30. The first-order chi connectivity index (χ1) is 17.5. The molecule has 1 unspecified atom stereocenters. The number of allylic oxidation sites excluding steroid dienone is 1. The van der Waals surface area contributed by atoms with Crippen LogP contribution >= 0.6 is 11.8 Å². The molecule has 1 N–H and O–H groups in total. The molecule has 3 aromatic rings. The van der Waals surface area contributed by atoms with Crippen LogP contribution in [0.1, 0.15) is 56.2 Å². The minimum Gasteiger partial charge on any atom is -0.459 e. The van der Waals surface area contributed by atoms with E-state index in [4.69, 9.17) is 9.84 Å². The lowest BCUT2D eigenvalue weighted by Gasteiger charge is -2.30. The number of rotatable bonds is 7. The van der Waals surface area contributed by atoms with E-state index in [0.29, 0.717) is 33.7 Å². The molecule has 2 aliphatic rings. The van der Waals surface area contributed by atoms with E-state index in [1.807, 2.05) is 30.3 Å². The van der Waals surface area contributed by atoms with Crippen LogP contribution in [0, 0.1) is 10.1 Å². The number of hydrogen-bond acceptors (Lipinski definition) is 8. The molecule has 1 atom stereocenters. The lowest BCUT2D eigenvalue weighted by molar-refractivity contribution is -0.384. The van der Waals surface area contributed by atoms with Crippen molar-refractivity contribution in [2.24, 2.45) is 0 Å². The molecule has 10 heteroatoms. The van der Waals surface area contributed by atoms with Crippen molar-refractivity contribution >= 4 is 29.4 Å². The lowest BCUT2D eigenvalue weighted by Crippen LogP contribution is -2.32. The summed E-state index contributed by atoms with van der Waals surface area (Å²) in [4.78, 5) is 29.2. The Hall–Kier alpha value is -3.66. The highest BCUT2D eigenvalue weighted by Gasteiger charge is 2.37. The number of nitro groups is 1. The van der Waals surface area contributed by atoms with Crippen LogP contribution in [0.25, 0.3) is 0 Å². The third-order valence-corrected chi connectivity index (χ3v) is 7.40. The number of benzene rings is 2. The van der Waals surface area contributed by atoms with Crippen LogP contribution in [0.5, 0.6) is 0 Å². The number of thioether (sulfide) groups is 1. The van der Waals surface area contributed by atoms with Crippen molar-refractivity contribution in [3.8, 4) is 0 Å². The Kier molecular flexibility index (Phi) is 7.04. The normalized spacial score (nSPS) is 17.9. The summed E-state index contributed by atoms with van der Waals surface area (Å²) in [7, 11) is 0. The van der Waals surface area contributed by atoms with Gasteiger partial charge in [-0.15, -0.1) is 5.10 Å². The van der Waals surface area contributed by atoms with Crippen molar-refractivity contribution in [1.82, 2.24) is 14.8 Å². The van der Waals surface area contributed by atoms with Crippen LogP contribution < -0.4 is 5.32 Å². The first-order valence-corrected chi connectivity index (χ1v) is 13.0. The Morgan fingerprint density at radius 3 is 2.69 bits per heavy atom. The maximum Gasteiger partial charge on any atom is 0.338 e. The molecule has 0 saturated heterocycles. The number of anilines is 1. The van der Waals surface area contributed by atoms with Gasteiger partial charge in [0.05, 0.1) is 10.5 Å². The van der Waals surface area contributed by atoms with Crippen LogP contribution in [0.2, 0.25) is 0 Å². The van der Waals surface area contributed by atoms with Gasteiger partial charge in [-0.1, -0.05) is 60.6 Å². The number of fused-ring (bicyclic) bond motifs is 1. The molecule has 0 spiro atoms. The summed E-state index contributed by atoms with van der Waals surface area (Å²) in [6, 6.07) is 15.6. The zero-order valence-electron chi connectivity index (χ0n) is 19.9. The molecule has 1 fully saturated rings. The molecule has 2 aromatic carbocycles. The van der Waals surface area contributed by atoms with E-state index in [0.717, 1.165) is 37.7 Å². The van der Waals surface area contributed by atoms with Gasteiger partial charge in [0.1, 0.15) is 12.1 Å². The molecule has 1 saturated carbocycles. The largest absolute Gasteiger partial charge is 0.459 e. The fraction of sp³-hybridized carbons (Fsp3) is 0.346. The van der Waals surface area contributed by atoms with Crippen molar-refractivity contribution < 1.29 is 14.5 Å². The molecule has 2 heterocycles. The predicted molar refractivity (Wildman–Crippen MR) is 137 cm³/mol. The number of hydrogen-bond donors (Lipinski definition) is 1. The topological polar surface area (TPSA) is 112 Å². The van der Waals surface area contributed by atoms with Crippen molar-refractivity contribution in [1.29, 1.82) is 0 Å². The summed E-state index contributed by atoms with van der Waals surface area (Å²) < 4.78 is 7.56. The molecule has 9 nitrogen and oxygen atoms in total. The van der Waals surface area contributed by atoms with Crippen molar-refractivity contribution in [2.75, 3.05) is 5.32 Å². The second kappa shape index (κ2) is 10.5. The summed E-state index contributed by atoms with van der Waals surface area (Å²) in [5, 5.41) is 20.0. The van der Waals surface area contributed by atoms with E-state index in [1.165, 1.54) is 23.9 Å². The molecule has 5 rings (SSSR count). The highest BCUT2D eigenvalue weighted by Crippen LogP contribution is 2.38. The number of ether oxygens (including phenoxy) is 1. The number of carbonyl (C=O) groups is 1. The van der Waals surface area contributed by atoms with Gasteiger partial charge in [-0.05, 0) is 43.7 Å². The van der Waals surface area contributed by atoms with Gasteiger partial charge in [0.15, 0.2) is 0 Å². The van der Waals surface area contributed by atoms with Crippen LogP contribution in [0.4, 0.5) is 11.6 Å². The Balaban J connectivity index is 1.49. The number of nitro benzene ring substituents is 1. The maximum atomic E-state index is 13.5. The Labute approximate surface area is 213 Å². The van der Waals surface area contributed by atoms with Gasteiger partial charge in [0, 0.05) is 23.6 Å². The predicted octanol–water partition coefficient (Wildman–Crippen LogP) is 5.64. The van der Waals surface area contributed by atoms with Crippen molar-refractivity contribution in [3.63, 3.8) is 0 Å². The van der Waals surface area contributed by atoms with Gasteiger partial charge in [-0.2, -0.15) is 4.98 Å². The summed E-state index contributed by atoms with van der Waals surface area (Å²) in [6.45, 7) is 1.80. The zero-order chi connectivity index (χ0) is 25.1. The zero-order valence-corrected chi connectivity index (χ0v) is 20.7. The van der Waals surface area contributed by atoms with E-state index in [9.17, 15) is 14.9 Å². The first kappa shape index (κ1) is 24.1. The fourth-order valence-corrected chi connectivity index (χ4v) is 5.48.